The fourth-order valence-corrected chi connectivity index (χ4v) is 4.48. The first-order valence-electron chi connectivity index (χ1n) is 7.16. The average molecular weight is 309 g/mol. The molecule has 1 saturated heterocycles. The van der Waals surface area contributed by atoms with Crippen molar-refractivity contribution in [3.8, 4) is 0 Å². The van der Waals surface area contributed by atoms with Crippen molar-refractivity contribution in [3.63, 3.8) is 0 Å². The van der Waals surface area contributed by atoms with E-state index in [2.05, 4.69) is 10.6 Å². The molecule has 1 aromatic carbocycles. The number of benzene rings is 1. The van der Waals surface area contributed by atoms with Crippen molar-refractivity contribution >= 4 is 21.6 Å². The van der Waals surface area contributed by atoms with Crippen LogP contribution in [-0.2, 0) is 21.2 Å². The smallest absolute Gasteiger partial charge is 0.243 e. The van der Waals surface area contributed by atoms with E-state index in [1.165, 1.54) is 4.31 Å². The van der Waals surface area contributed by atoms with Gasteiger partial charge >= 0.3 is 0 Å². The van der Waals surface area contributed by atoms with Crippen LogP contribution in [0.3, 0.4) is 0 Å². The maximum absolute atomic E-state index is 12.8. The van der Waals surface area contributed by atoms with Gasteiger partial charge in [-0.3, -0.25) is 4.79 Å². The molecule has 114 valence electrons. The van der Waals surface area contributed by atoms with E-state index >= 15 is 0 Å². The number of anilines is 1. The van der Waals surface area contributed by atoms with Crippen molar-refractivity contribution in [3.05, 3.63) is 23.8 Å². The Hall–Kier alpha value is -1.60. The van der Waals surface area contributed by atoms with Crippen molar-refractivity contribution in [1.29, 1.82) is 0 Å². The Balaban J connectivity index is 1.96. The Morgan fingerprint density at radius 2 is 2.05 bits per heavy atom. The lowest BCUT2D eigenvalue weighted by atomic mass is 10.0. The highest BCUT2D eigenvalue weighted by atomic mass is 32.2. The van der Waals surface area contributed by atoms with E-state index in [0.29, 0.717) is 13.1 Å². The van der Waals surface area contributed by atoms with Crippen LogP contribution in [0.5, 0.6) is 0 Å². The second-order valence-corrected chi connectivity index (χ2v) is 7.32. The van der Waals surface area contributed by atoms with Crippen LogP contribution in [0.15, 0.2) is 23.1 Å². The average Bonchev–Trinajstić information content (AvgIpc) is 2.49. The van der Waals surface area contributed by atoms with Crippen LogP contribution in [0.2, 0.25) is 0 Å². The topological polar surface area (TPSA) is 78.5 Å². The normalized spacial score (nSPS) is 23.1. The van der Waals surface area contributed by atoms with Gasteiger partial charge in [0.05, 0.1) is 4.90 Å². The quantitative estimate of drug-likeness (QED) is 0.836. The summed E-state index contributed by atoms with van der Waals surface area (Å²) in [7, 11) is -3.63. The molecular formula is C14H19N3O3S. The largest absolute Gasteiger partial charge is 0.385 e. The lowest BCUT2D eigenvalue weighted by molar-refractivity contribution is -0.126. The molecule has 1 aromatic rings. The van der Waals surface area contributed by atoms with Crippen molar-refractivity contribution in [2.75, 3.05) is 25.0 Å². The van der Waals surface area contributed by atoms with Crippen LogP contribution in [0.1, 0.15) is 18.9 Å². The number of nitrogens with one attached hydrogen (secondary N) is 2. The minimum absolute atomic E-state index is 0.246. The molecular weight excluding hydrogens is 290 g/mol. The molecule has 1 unspecified atom stereocenters. The monoisotopic (exact) mass is 309 g/mol. The van der Waals surface area contributed by atoms with Crippen molar-refractivity contribution in [2.24, 2.45) is 0 Å². The molecule has 1 amide bonds. The van der Waals surface area contributed by atoms with Crippen molar-refractivity contribution in [2.45, 2.75) is 30.7 Å². The van der Waals surface area contributed by atoms with E-state index in [4.69, 9.17) is 0 Å². The summed E-state index contributed by atoms with van der Waals surface area (Å²) < 4.78 is 26.8. The van der Waals surface area contributed by atoms with Gasteiger partial charge in [-0.05, 0) is 43.5 Å². The number of aryl methyl sites for hydroxylation is 1. The molecule has 2 aliphatic heterocycles. The molecule has 0 radical (unpaired) electrons. The number of nitrogens with zero attached hydrogens (tertiary/aromatic N) is 1. The second-order valence-electron chi connectivity index (χ2n) is 5.43. The SMILES string of the molecule is CC1C(=O)NCCN1S(=O)(=O)c1ccc2c(c1)CCCN2. The highest BCUT2D eigenvalue weighted by molar-refractivity contribution is 7.89. The summed E-state index contributed by atoms with van der Waals surface area (Å²) in [4.78, 5) is 12.0. The second kappa shape index (κ2) is 5.31. The molecule has 7 heteroatoms. The molecule has 2 aliphatic rings. The van der Waals surface area contributed by atoms with Gasteiger partial charge in [0, 0.05) is 25.3 Å². The van der Waals surface area contributed by atoms with Crippen molar-refractivity contribution in [1.82, 2.24) is 9.62 Å². The van der Waals surface area contributed by atoms with Gasteiger partial charge in [-0.1, -0.05) is 0 Å². The van der Waals surface area contributed by atoms with E-state index in [0.717, 1.165) is 30.6 Å². The fourth-order valence-electron chi connectivity index (χ4n) is 2.84. The summed E-state index contributed by atoms with van der Waals surface area (Å²) in [5.41, 5.74) is 2.03. The Kier molecular flexibility index (Phi) is 3.62. The lowest BCUT2D eigenvalue weighted by Gasteiger charge is -2.32. The fraction of sp³-hybridized carbons (Fsp3) is 0.500. The minimum Gasteiger partial charge on any atom is -0.385 e. The first-order chi connectivity index (χ1) is 10.00. The van der Waals surface area contributed by atoms with Gasteiger partial charge in [0.2, 0.25) is 15.9 Å². The zero-order valence-corrected chi connectivity index (χ0v) is 12.7. The van der Waals surface area contributed by atoms with E-state index in [-0.39, 0.29) is 10.8 Å². The summed E-state index contributed by atoms with van der Waals surface area (Å²) >= 11 is 0. The minimum atomic E-state index is -3.63. The number of amides is 1. The summed E-state index contributed by atoms with van der Waals surface area (Å²) in [6.07, 6.45) is 1.88. The van der Waals surface area contributed by atoms with E-state index < -0.39 is 16.1 Å². The summed E-state index contributed by atoms with van der Waals surface area (Å²) in [5.74, 6) is -0.246. The van der Waals surface area contributed by atoms with Crippen LogP contribution in [-0.4, -0.2) is 44.3 Å². The summed E-state index contributed by atoms with van der Waals surface area (Å²) in [6, 6.07) is 4.50. The van der Waals surface area contributed by atoms with Crippen molar-refractivity contribution < 1.29 is 13.2 Å². The first-order valence-corrected chi connectivity index (χ1v) is 8.60. The molecule has 0 bridgehead atoms. The number of piperazine rings is 1. The third-order valence-electron chi connectivity index (χ3n) is 4.06. The Bertz CT molecular complexity index is 672. The molecule has 0 aliphatic carbocycles. The summed E-state index contributed by atoms with van der Waals surface area (Å²) in [5, 5.41) is 5.94. The molecule has 3 rings (SSSR count). The third kappa shape index (κ3) is 2.51. The molecule has 2 heterocycles. The molecule has 21 heavy (non-hydrogen) atoms. The van der Waals surface area contributed by atoms with Gasteiger partial charge in [0.15, 0.2) is 0 Å². The Morgan fingerprint density at radius 1 is 1.24 bits per heavy atom. The number of sulfonamides is 1. The Labute approximate surface area is 124 Å². The molecule has 0 aromatic heterocycles. The predicted octanol–water partition coefficient (Wildman–Crippen LogP) is 0.554. The van der Waals surface area contributed by atoms with Gasteiger partial charge in [-0.2, -0.15) is 4.31 Å². The van der Waals surface area contributed by atoms with Crippen LogP contribution in [0.25, 0.3) is 0 Å². The van der Waals surface area contributed by atoms with E-state index in [9.17, 15) is 13.2 Å². The lowest BCUT2D eigenvalue weighted by Crippen LogP contribution is -2.55. The summed E-state index contributed by atoms with van der Waals surface area (Å²) in [6.45, 7) is 3.20. The van der Waals surface area contributed by atoms with Crippen LogP contribution in [0, 0.1) is 0 Å². The number of carbonyl (C=O) groups excluding carboxylic acids is 1. The van der Waals surface area contributed by atoms with Gasteiger partial charge < -0.3 is 10.6 Å². The van der Waals surface area contributed by atoms with E-state index in [1.807, 2.05) is 6.07 Å². The number of fused-ring (bicyclic) bond motifs is 1. The van der Waals surface area contributed by atoms with Crippen LogP contribution >= 0.6 is 0 Å². The molecule has 0 spiro atoms. The predicted molar refractivity (Wildman–Crippen MR) is 79.6 cm³/mol. The highest BCUT2D eigenvalue weighted by Crippen LogP contribution is 2.27. The van der Waals surface area contributed by atoms with Crippen LogP contribution in [0.4, 0.5) is 5.69 Å². The number of rotatable bonds is 2. The van der Waals surface area contributed by atoms with Gasteiger partial charge in [0.1, 0.15) is 6.04 Å². The zero-order valence-electron chi connectivity index (χ0n) is 11.9. The molecule has 1 fully saturated rings. The van der Waals surface area contributed by atoms with Gasteiger partial charge in [-0.25, -0.2) is 8.42 Å². The third-order valence-corrected chi connectivity index (χ3v) is 6.03. The number of hydrogen-bond donors (Lipinski definition) is 2. The maximum atomic E-state index is 12.8. The molecule has 6 nitrogen and oxygen atoms in total. The van der Waals surface area contributed by atoms with E-state index in [1.54, 1.807) is 19.1 Å². The highest BCUT2D eigenvalue weighted by Gasteiger charge is 2.35. The van der Waals surface area contributed by atoms with Gasteiger partial charge in [0.25, 0.3) is 0 Å². The Morgan fingerprint density at radius 3 is 2.86 bits per heavy atom. The van der Waals surface area contributed by atoms with Crippen LogP contribution < -0.4 is 10.6 Å². The standard InChI is InChI=1S/C14H19N3O3S/c1-10-14(18)16-7-8-17(10)21(19,20)12-4-5-13-11(9-12)3-2-6-15-13/h4-5,9-10,15H,2-3,6-8H2,1H3,(H,16,18). The maximum Gasteiger partial charge on any atom is 0.243 e. The number of hydrogen-bond acceptors (Lipinski definition) is 4. The number of carbonyl (C=O) groups is 1. The molecule has 1 atom stereocenters. The zero-order chi connectivity index (χ0) is 15.0. The first kappa shape index (κ1) is 14.3. The molecule has 2 N–H and O–H groups in total. The molecule has 0 saturated carbocycles. The van der Waals surface area contributed by atoms with Gasteiger partial charge in [-0.15, -0.1) is 0 Å².